The number of hydrogen-bond donors (Lipinski definition) is 1. The number of ether oxygens (including phenoxy) is 1. The molecule has 126 valence electrons. The molecule has 0 fully saturated rings. The number of nitrogens with one attached hydrogen (secondary N) is 1. The standard InChI is InChI=1S/C19H21N3O.ClH/c1-2-13-21-17-11-6-7-12-18(17)22(19(21)20)14-8-15-23-16-9-4-3-5-10-16;/h2-7,9-12,20H,1,8,13-15H2;1H/p-1. The van der Waals surface area contributed by atoms with Crippen LogP contribution in [0.3, 0.4) is 0 Å². The molecule has 3 rings (SSSR count). The zero-order valence-corrected chi connectivity index (χ0v) is 14.2. The summed E-state index contributed by atoms with van der Waals surface area (Å²) in [6, 6.07) is 17.9. The van der Waals surface area contributed by atoms with Gasteiger partial charge in [0.2, 0.25) is 5.62 Å². The van der Waals surface area contributed by atoms with E-state index in [1.807, 2.05) is 63.7 Å². The molecule has 5 heteroatoms. The number of rotatable bonds is 7. The summed E-state index contributed by atoms with van der Waals surface area (Å²) in [6.07, 6.45) is 2.68. The van der Waals surface area contributed by atoms with E-state index in [4.69, 9.17) is 10.1 Å². The molecule has 0 atom stereocenters. The second-order valence-corrected chi connectivity index (χ2v) is 5.38. The fourth-order valence-corrected chi connectivity index (χ4v) is 2.76. The Morgan fingerprint density at radius 1 is 0.958 bits per heavy atom. The molecule has 1 heterocycles. The highest BCUT2D eigenvalue weighted by Gasteiger charge is 2.09. The van der Waals surface area contributed by atoms with E-state index in [1.54, 1.807) is 0 Å². The summed E-state index contributed by atoms with van der Waals surface area (Å²) in [4.78, 5) is 0. The lowest BCUT2D eigenvalue weighted by atomic mass is 10.3. The van der Waals surface area contributed by atoms with Crippen LogP contribution in [-0.2, 0) is 13.1 Å². The van der Waals surface area contributed by atoms with Crippen LogP contribution >= 0.6 is 0 Å². The van der Waals surface area contributed by atoms with E-state index in [0.717, 1.165) is 29.7 Å². The van der Waals surface area contributed by atoms with E-state index in [1.165, 1.54) is 0 Å². The van der Waals surface area contributed by atoms with Gasteiger partial charge in [0.05, 0.1) is 17.6 Å². The highest BCUT2D eigenvalue weighted by atomic mass is 35.5. The predicted octanol–water partition coefficient (Wildman–Crippen LogP) is 0.581. The number of aromatic nitrogens is 2. The van der Waals surface area contributed by atoms with Crippen molar-refractivity contribution in [2.45, 2.75) is 19.5 Å². The number of para-hydroxylation sites is 3. The molecule has 0 spiro atoms. The maximum Gasteiger partial charge on any atom is 0.203 e. The molecule has 0 amide bonds. The van der Waals surface area contributed by atoms with Crippen molar-refractivity contribution < 1.29 is 17.1 Å². The molecule has 24 heavy (non-hydrogen) atoms. The van der Waals surface area contributed by atoms with E-state index in [2.05, 4.69) is 12.6 Å². The van der Waals surface area contributed by atoms with Crippen molar-refractivity contribution in [1.82, 2.24) is 9.13 Å². The molecular weight excluding hydrogens is 322 g/mol. The number of hydrogen-bond acceptors (Lipinski definition) is 2. The van der Waals surface area contributed by atoms with Crippen LogP contribution in [-0.4, -0.2) is 15.7 Å². The summed E-state index contributed by atoms with van der Waals surface area (Å²) in [5, 5.41) is 8.42. The van der Waals surface area contributed by atoms with E-state index in [0.29, 0.717) is 18.8 Å². The lowest BCUT2D eigenvalue weighted by Gasteiger charge is -2.07. The summed E-state index contributed by atoms with van der Waals surface area (Å²) >= 11 is 0. The monoisotopic (exact) mass is 342 g/mol. The van der Waals surface area contributed by atoms with Crippen molar-refractivity contribution in [3.8, 4) is 5.75 Å². The maximum atomic E-state index is 8.42. The van der Waals surface area contributed by atoms with Gasteiger partial charge in [0, 0.05) is 13.1 Å². The Labute approximate surface area is 147 Å². The van der Waals surface area contributed by atoms with Gasteiger partial charge in [0.15, 0.2) is 0 Å². The molecular formula is C19H21ClN3O-. The fourth-order valence-electron chi connectivity index (χ4n) is 2.76. The minimum absolute atomic E-state index is 0. The number of allylic oxidation sites excluding steroid dienone is 1. The van der Waals surface area contributed by atoms with Gasteiger partial charge in [-0.1, -0.05) is 36.4 Å². The Balaban J connectivity index is 0.00000208. The van der Waals surface area contributed by atoms with Crippen LogP contribution < -0.4 is 22.8 Å². The van der Waals surface area contributed by atoms with Gasteiger partial charge < -0.3 is 26.3 Å². The van der Waals surface area contributed by atoms with Gasteiger partial charge >= 0.3 is 0 Å². The molecule has 0 saturated carbocycles. The molecule has 2 aromatic carbocycles. The summed E-state index contributed by atoms with van der Waals surface area (Å²) in [5.74, 6) is 0.887. The normalized spacial score (nSPS) is 10.3. The first-order valence-electron chi connectivity index (χ1n) is 7.82. The number of imidazole rings is 1. The molecule has 0 aliphatic rings. The third-order valence-electron chi connectivity index (χ3n) is 3.82. The first kappa shape index (κ1) is 17.9. The average molecular weight is 343 g/mol. The van der Waals surface area contributed by atoms with Crippen molar-refractivity contribution >= 4 is 11.0 Å². The molecule has 4 nitrogen and oxygen atoms in total. The Morgan fingerprint density at radius 3 is 2.25 bits per heavy atom. The van der Waals surface area contributed by atoms with Crippen LogP contribution in [0.25, 0.3) is 11.0 Å². The van der Waals surface area contributed by atoms with Crippen LogP contribution in [0.15, 0.2) is 67.3 Å². The van der Waals surface area contributed by atoms with Gasteiger partial charge in [-0.25, -0.2) is 0 Å². The molecule has 1 aromatic heterocycles. The molecule has 3 aromatic rings. The summed E-state index contributed by atoms with van der Waals surface area (Å²) in [6.45, 7) is 5.83. The van der Waals surface area contributed by atoms with Crippen molar-refractivity contribution in [3.05, 3.63) is 72.9 Å². The second kappa shape index (κ2) is 8.41. The number of aryl methyl sites for hydroxylation is 1. The van der Waals surface area contributed by atoms with E-state index in [9.17, 15) is 0 Å². The van der Waals surface area contributed by atoms with Crippen LogP contribution in [0.4, 0.5) is 0 Å². The first-order chi connectivity index (χ1) is 11.3. The Morgan fingerprint density at radius 2 is 1.58 bits per heavy atom. The van der Waals surface area contributed by atoms with Gasteiger partial charge in [-0.2, -0.15) is 0 Å². The van der Waals surface area contributed by atoms with Gasteiger partial charge in [0.1, 0.15) is 5.75 Å². The fraction of sp³-hybridized carbons (Fsp3) is 0.211. The Kier molecular flexibility index (Phi) is 6.27. The van der Waals surface area contributed by atoms with E-state index in [-0.39, 0.29) is 12.4 Å². The van der Waals surface area contributed by atoms with Gasteiger partial charge in [-0.15, -0.1) is 6.58 Å². The molecule has 0 radical (unpaired) electrons. The summed E-state index contributed by atoms with van der Waals surface area (Å²) < 4.78 is 9.74. The molecule has 0 unspecified atom stereocenters. The molecule has 0 aliphatic heterocycles. The number of fused-ring (bicyclic) bond motifs is 1. The number of nitrogens with zero attached hydrogens (tertiary/aromatic N) is 2. The van der Waals surface area contributed by atoms with Gasteiger partial charge in [0.25, 0.3) is 0 Å². The van der Waals surface area contributed by atoms with Crippen molar-refractivity contribution in [2.75, 3.05) is 6.61 Å². The molecule has 0 saturated heterocycles. The van der Waals surface area contributed by atoms with Crippen LogP contribution in [0.2, 0.25) is 0 Å². The minimum Gasteiger partial charge on any atom is -1.00 e. The third kappa shape index (κ3) is 3.71. The van der Waals surface area contributed by atoms with Crippen LogP contribution in [0, 0.1) is 5.41 Å². The van der Waals surface area contributed by atoms with Crippen molar-refractivity contribution in [2.24, 2.45) is 0 Å². The highest BCUT2D eigenvalue weighted by Crippen LogP contribution is 2.14. The summed E-state index contributed by atoms with van der Waals surface area (Å²) in [5.41, 5.74) is 2.66. The predicted molar refractivity (Wildman–Crippen MR) is 92.5 cm³/mol. The quantitative estimate of drug-likeness (QED) is 0.495. The van der Waals surface area contributed by atoms with Gasteiger partial charge in [-0.05, 0) is 30.7 Å². The van der Waals surface area contributed by atoms with E-state index < -0.39 is 0 Å². The summed E-state index contributed by atoms with van der Waals surface area (Å²) in [7, 11) is 0. The average Bonchev–Trinajstić information content (AvgIpc) is 2.86. The lowest BCUT2D eigenvalue weighted by molar-refractivity contribution is -0.00000541. The SMILES string of the molecule is C=CCn1c(=N)n(CCCOc2ccccc2)c2ccccc21.[Cl-]. The zero-order chi connectivity index (χ0) is 16.1. The van der Waals surface area contributed by atoms with Crippen LogP contribution in [0.5, 0.6) is 5.75 Å². The minimum atomic E-state index is 0. The largest absolute Gasteiger partial charge is 1.00 e. The highest BCUT2D eigenvalue weighted by molar-refractivity contribution is 5.75. The van der Waals surface area contributed by atoms with Crippen molar-refractivity contribution in [1.29, 1.82) is 5.41 Å². The smallest absolute Gasteiger partial charge is 0.203 e. The number of halogens is 1. The van der Waals surface area contributed by atoms with Crippen LogP contribution in [0.1, 0.15) is 6.42 Å². The number of benzene rings is 2. The molecule has 0 aliphatic carbocycles. The van der Waals surface area contributed by atoms with Crippen molar-refractivity contribution in [3.63, 3.8) is 0 Å². The maximum absolute atomic E-state index is 8.42. The third-order valence-corrected chi connectivity index (χ3v) is 3.82. The first-order valence-corrected chi connectivity index (χ1v) is 7.82. The second-order valence-electron chi connectivity index (χ2n) is 5.38. The Bertz CT molecular complexity index is 852. The molecule has 1 N–H and O–H groups in total. The molecule has 0 bridgehead atoms. The topological polar surface area (TPSA) is 42.9 Å². The zero-order valence-electron chi connectivity index (χ0n) is 13.5. The Hall–Kier alpha value is -2.46. The lowest BCUT2D eigenvalue weighted by Crippen LogP contribution is -3.00. The van der Waals surface area contributed by atoms with E-state index >= 15 is 0 Å². The van der Waals surface area contributed by atoms with Gasteiger partial charge in [-0.3, -0.25) is 5.41 Å².